The number of carbonyl (C=O) groups is 1. The minimum atomic E-state index is -3.53. The molecule has 0 bridgehead atoms. The molecule has 7 nitrogen and oxygen atoms in total. The Kier molecular flexibility index (Phi) is 5.11. The van der Waals surface area contributed by atoms with Crippen molar-refractivity contribution in [3.8, 4) is 11.5 Å². The maximum atomic E-state index is 12.5. The van der Waals surface area contributed by atoms with Gasteiger partial charge in [0.05, 0.1) is 4.90 Å². The highest BCUT2D eigenvalue weighted by Gasteiger charge is 2.17. The first-order valence-electron chi connectivity index (χ1n) is 9.14. The van der Waals surface area contributed by atoms with Crippen molar-refractivity contribution < 1.29 is 17.6 Å². The Balaban J connectivity index is 1.48. The average molecular weight is 421 g/mol. The number of sulfonamides is 1. The Bertz CT molecular complexity index is 1280. The normalized spacial score (nSPS) is 11.7. The van der Waals surface area contributed by atoms with E-state index in [-0.39, 0.29) is 10.8 Å². The van der Waals surface area contributed by atoms with Gasteiger partial charge in [-0.05, 0) is 60.7 Å². The highest BCUT2D eigenvalue weighted by Crippen LogP contribution is 2.25. The summed E-state index contributed by atoms with van der Waals surface area (Å²) in [7, 11) is -0.615. The lowest BCUT2D eigenvalue weighted by molar-refractivity contribution is 0.102. The first kappa shape index (κ1) is 19.8. The number of nitrogens with zero attached hydrogens (tertiary/aromatic N) is 2. The third-order valence-corrected chi connectivity index (χ3v) is 6.41. The van der Waals surface area contributed by atoms with Gasteiger partial charge in [-0.3, -0.25) is 4.79 Å². The number of carbonyl (C=O) groups excluding carboxylic acids is 1. The Labute approximate surface area is 174 Å². The first-order chi connectivity index (χ1) is 14.3. The largest absolute Gasteiger partial charge is 0.436 e. The zero-order valence-corrected chi connectivity index (χ0v) is 17.2. The predicted octanol–water partition coefficient (Wildman–Crippen LogP) is 4.00. The topological polar surface area (TPSA) is 92.5 Å². The standard InChI is InChI=1S/C22H19N3O4S/c1-25(2)30(27,28)18-13-9-15(10-14-18)21(26)23-17-11-7-16(8-12-17)22-24-19-5-3-4-6-20(19)29-22/h3-14H,1-2H3,(H,23,26). The summed E-state index contributed by atoms with van der Waals surface area (Å²) >= 11 is 0. The molecule has 1 aromatic heterocycles. The molecule has 0 radical (unpaired) electrons. The average Bonchev–Trinajstić information content (AvgIpc) is 3.18. The summed E-state index contributed by atoms with van der Waals surface area (Å²) in [6.07, 6.45) is 0. The number of hydrogen-bond donors (Lipinski definition) is 1. The number of nitrogens with one attached hydrogen (secondary N) is 1. The summed E-state index contributed by atoms with van der Waals surface area (Å²) in [6, 6.07) is 20.5. The van der Waals surface area contributed by atoms with Crippen molar-refractivity contribution in [2.24, 2.45) is 0 Å². The zero-order valence-electron chi connectivity index (χ0n) is 16.4. The minimum absolute atomic E-state index is 0.131. The van der Waals surface area contributed by atoms with Crippen LogP contribution in [0, 0.1) is 0 Å². The van der Waals surface area contributed by atoms with Gasteiger partial charge in [-0.1, -0.05) is 12.1 Å². The highest BCUT2D eigenvalue weighted by atomic mass is 32.2. The van der Waals surface area contributed by atoms with Crippen LogP contribution in [0.1, 0.15) is 10.4 Å². The third kappa shape index (κ3) is 3.83. The third-order valence-electron chi connectivity index (χ3n) is 4.58. The van der Waals surface area contributed by atoms with Gasteiger partial charge in [0.15, 0.2) is 5.58 Å². The van der Waals surface area contributed by atoms with Gasteiger partial charge < -0.3 is 9.73 Å². The van der Waals surface area contributed by atoms with E-state index in [4.69, 9.17) is 4.42 Å². The highest BCUT2D eigenvalue weighted by molar-refractivity contribution is 7.89. The van der Waals surface area contributed by atoms with Gasteiger partial charge in [0.2, 0.25) is 15.9 Å². The van der Waals surface area contributed by atoms with Crippen molar-refractivity contribution in [1.82, 2.24) is 9.29 Å². The lowest BCUT2D eigenvalue weighted by atomic mass is 10.2. The molecular formula is C22H19N3O4S. The summed E-state index contributed by atoms with van der Waals surface area (Å²) in [4.78, 5) is 17.1. The van der Waals surface area contributed by atoms with Crippen molar-refractivity contribution in [2.45, 2.75) is 4.90 Å². The van der Waals surface area contributed by atoms with Gasteiger partial charge in [-0.25, -0.2) is 17.7 Å². The molecule has 0 aliphatic heterocycles. The monoisotopic (exact) mass is 421 g/mol. The van der Waals surface area contributed by atoms with Crippen molar-refractivity contribution in [3.63, 3.8) is 0 Å². The van der Waals surface area contributed by atoms with E-state index in [0.29, 0.717) is 22.7 Å². The number of rotatable bonds is 5. The first-order valence-corrected chi connectivity index (χ1v) is 10.6. The molecule has 3 aromatic carbocycles. The Morgan fingerprint density at radius 2 is 1.60 bits per heavy atom. The molecule has 152 valence electrons. The fourth-order valence-corrected chi connectivity index (χ4v) is 3.79. The van der Waals surface area contributed by atoms with Gasteiger partial charge in [0.25, 0.3) is 5.91 Å². The van der Waals surface area contributed by atoms with Crippen molar-refractivity contribution >= 4 is 32.7 Å². The SMILES string of the molecule is CN(C)S(=O)(=O)c1ccc(C(=O)Nc2ccc(-c3nc4ccccc4o3)cc2)cc1. The van der Waals surface area contributed by atoms with Crippen LogP contribution < -0.4 is 5.32 Å². The quantitative estimate of drug-likeness (QED) is 0.526. The number of oxazole rings is 1. The fraction of sp³-hybridized carbons (Fsp3) is 0.0909. The molecule has 0 unspecified atom stereocenters. The summed E-state index contributed by atoms with van der Waals surface area (Å²) in [6.45, 7) is 0. The Morgan fingerprint density at radius 1 is 0.933 bits per heavy atom. The number of fused-ring (bicyclic) bond motifs is 1. The summed E-state index contributed by atoms with van der Waals surface area (Å²) in [5, 5.41) is 2.79. The zero-order chi connectivity index (χ0) is 21.3. The van der Waals surface area contributed by atoms with Crippen LogP contribution in [0.3, 0.4) is 0 Å². The van der Waals surface area contributed by atoms with Crippen LogP contribution in [-0.2, 0) is 10.0 Å². The molecule has 4 rings (SSSR count). The van der Waals surface area contributed by atoms with E-state index in [1.54, 1.807) is 12.1 Å². The Hall–Kier alpha value is -3.49. The van der Waals surface area contributed by atoms with Gasteiger partial charge in [0, 0.05) is 30.9 Å². The molecule has 0 saturated carbocycles. The molecule has 1 amide bonds. The van der Waals surface area contributed by atoms with Crippen molar-refractivity contribution in [1.29, 1.82) is 0 Å². The molecule has 30 heavy (non-hydrogen) atoms. The molecule has 0 spiro atoms. The lowest BCUT2D eigenvalue weighted by Gasteiger charge is -2.11. The van der Waals surface area contributed by atoms with Crippen LogP contribution >= 0.6 is 0 Å². The summed E-state index contributed by atoms with van der Waals surface area (Å²) in [5.41, 5.74) is 3.25. The van der Waals surface area contributed by atoms with Crippen molar-refractivity contribution in [3.05, 3.63) is 78.4 Å². The van der Waals surface area contributed by atoms with Gasteiger partial charge in [0.1, 0.15) is 5.52 Å². The van der Waals surface area contributed by atoms with E-state index in [1.807, 2.05) is 36.4 Å². The number of hydrogen-bond acceptors (Lipinski definition) is 5. The van der Waals surface area contributed by atoms with Crippen LogP contribution in [0.5, 0.6) is 0 Å². The second-order valence-electron chi connectivity index (χ2n) is 6.83. The van der Waals surface area contributed by atoms with Crippen molar-refractivity contribution in [2.75, 3.05) is 19.4 Å². The number of benzene rings is 3. The van der Waals surface area contributed by atoms with Crippen LogP contribution in [0.15, 0.2) is 82.1 Å². The van der Waals surface area contributed by atoms with E-state index < -0.39 is 10.0 Å². The molecule has 1 heterocycles. The van der Waals surface area contributed by atoms with Crippen LogP contribution in [0.2, 0.25) is 0 Å². The second kappa shape index (κ2) is 7.74. The summed E-state index contributed by atoms with van der Waals surface area (Å²) < 4.78 is 31.1. The number of anilines is 1. The number of para-hydroxylation sites is 2. The van der Waals surface area contributed by atoms with E-state index in [1.165, 1.54) is 38.4 Å². The van der Waals surface area contributed by atoms with Crippen LogP contribution in [0.4, 0.5) is 5.69 Å². The molecule has 0 aliphatic carbocycles. The van der Waals surface area contributed by atoms with Crippen LogP contribution in [0.25, 0.3) is 22.6 Å². The van der Waals surface area contributed by atoms with E-state index in [0.717, 1.165) is 15.4 Å². The molecule has 0 saturated heterocycles. The fourth-order valence-electron chi connectivity index (χ4n) is 2.88. The number of amides is 1. The van der Waals surface area contributed by atoms with Crippen LogP contribution in [-0.4, -0.2) is 37.7 Å². The van der Waals surface area contributed by atoms with E-state index in [2.05, 4.69) is 10.3 Å². The molecular weight excluding hydrogens is 402 g/mol. The number of aromatic nitrogens is 1. The summed E-state index contributed by atoms with van der Waals surface area (Å²) in [5.74, 6) is 0.171. The molecule has 0 aliphatic rings. The molecule has 4 aromatic rings. The minimum Gasteiger partial charge on any atom is -0.436 e. The van der Waals surface area contributed by atoms with E-state index >= 15 is 0 Å². The predicted molar refractivity (Wildman–Crippen MR) is 115 cm³/mol. The Morgan fingerprint density at radius 3 is 2.23 bits per heavy atom. The van der Waals surface area contributed by atoms with Gasteiger partial charge in [-0.15, -0.1) is 0 Å². The molecule has 0 fully saturated rings. The molecule has 1 N–H and O–H groups in total. The second-order valence-corrected chi connectivity index (χ2v) is 8.98. The maximum Gasteiger partial charge on any atom is 0.255 e. The molecule has 0 atom stereocenters. The van der Waals surface area contributed by atoms with E-state index in [9.17, 15) is 13.2 Å². The van der Waals surface area contributed by atoms with Gasteiger partial charge in [-0.2, -0.15) is 0 Å². The maximum absolute atomic E-state index is 12.5. The smallest absolute Gasteiger partial charge is 0.255 e. The van der Waals surface area contributed by atoms with Gasteiger partial charge >= 0.3 is 0 Å². The lowest BCUT2D eigenvalue weighted by Crippen LogP contribution is -2.22. The molecule has 8 heteroatoms.